The second-order valence-electron chi connectivity index (χ2n) is 23.7. The van der Waals surface area contributed by atoms with Gasteiger partial charge < -0.3 is 18.6 Å². The second-order valence-corrected chi connectivity index (χ2v) is 23.7. The Labute approximate surface area is 462 Å². The molecule has 1 aliphatic rings. The Hall–Kier alpha value is -9.12. The van der Waals surface area contributed by atoms with E-state index in [0.29, 0.717) is 0 Å². The highest BCUT2D eigenvalue weighted by atomic mass is 16.3. The zero-order valence-electron chi connectivity index (χ0n) is 46.2. The first kappa shape index (κ1) is 48.3. The summed E-state index contributed by atoms with van der Waals surface area (Å²) < 4.78 is 14.5. The van der Waals surface area contributed by atoms with Crippen molar-refractivity contribution in [2.24, 2.45) is 0 Å². The molecule has 11 aromatic carbocycles. The molecule has 14 rings (SSSR count). The van der Waals surface area contributed by atoms with Crippen molar-refractivity contribution in [2.75, 3.05) is 9.80 Å². The predicted octanol–water partition coefficient (Wildman–Crippen LogP) is 21.2. The second kappa shape index (κ2) is 18.0. The van der Waals surface area contributed by atoms with Crippen LogP contribution in [0.5, 0.6) is 0 Å². The molecule has 0 amide bonds. The number of fused-ring (bicyclic) bond motifs is 11. The first-order chi connectivity index (χ1) is 38.3. The van der Waals surface area contributed by atoms with Crippen LogP contribution in [-0.2, 0) is 16.2 Å². The average Bonchev–Trinajstić information content (AvgIpc) is 4.02. The summed E-state index contributed by atoms with van der Waals surface area (Å²) in [6.45, 7) is 18.0. The molecule has 0 fully saturated rings. The Morgan fingerprint density at radius 3 is 1.27 bits per heavy atom. The Balaban J connectivity index is 1.09. The van der Waals surface area contributed by atoms with Gasteiger partial charge in [-0.15, -0.1) is 0 Å². The minimum atomic E-state index is -0.781. The van der Waals surface area contributed by atoms with Gasteiger partial charge in [-0.3, -0.25) is 0 Å². The van der Waals surface area contributed by atoms with E-state index < -0.39 is 5.41 Å². The molecule has 13 aromatic rings. The normalized spacial score (nSPS) is 13.2. The van der Waals surface area contributed by atoms with Crippen LogP contribution in [0.1, 0.15) is 86.1 Å². The third kappa shape index (κ3) is 7.34. The van der Waals surface area contributed by atoms with E-state index in [1.54, 1.807) is 0 Å². The first-order valence-electron chi connectivity index (χ1n) is 27.8. The van der Waals surface area contributed by atoms with Gasteiger partial charge in [0.1, 0.15) is 11.2 Å². The van der Waals surface area contributed by atoms with Gasteiger partial charge in [0.05, 0.1) is 22.5 Å². The molecule has 0 N–H and O–H groups in total. The van der Waals surface area contributed by atoms with E-state index in [1.165, 1.54) is 49.9 Å². The summed E-state index contributed by atoms with van der Waals surface area (Å²) in [6.07, 6.45) is 0. The zero-order valence-corrected chi connectivity index (χ0v) is 46.2. The molecule has 4 heteroatoms. The fourth-order valence-electron chi connectivity index (χ4n) is 13.2. The van der Waals surface area contributed by atoms with Gasteiger partial charge in [-0.05, 0) is 117 Å². The number of hydrogen-bond donors (Lipinski definition) is 0. The highest BCUT2D eigenvalue weighted by Crippen LogP contribution is 2.61. The first-order valence-corrected chi connectivity index (χ1v) is 27.8. The number of aryl methyl sites for hydroxylation is 2. The van der Waals surface area contributed by atoms with Crippen LogP contribution in [0.15, 0.2) is 239 Å². The van der Waals surface area contributed by atoms with Gasteiger partial charge in [0.2, 0.25) is 0 Å². The number of anilines is 6. The van der Waals surface area contributed by atoms with E-state index in [0.717, 1.165) is 94.5 Å². The molecule has 0 bridgehead atoms. The van der Waals surface area contributed by atoms with Crippen LogP contribution in [0.4, 0.5) is 34.1 Å². The summed E-state index contributed by atoms with van der Waals surface area (Å²) in [6, 6.07) is 85.2. The van der Waals surface area contributed by atoms with Gasteiger partial charge in [0, 0.05) is 55.1 Å². The summed E-state index contributed by atoms with van der Waals surface area (Å²) in [7, 11) is 0. The van der Waals surface area contributed by atoms with Crippen LogP contribution in [0.3, 0.4) is 0 Å². The maximum Gasteiger partial charge on any atom is 0.159 e. The van der Waals surface area contributed by atoms with Gasteiger partial charge in [0.25, 0.3) is 0 Å². The van der Waals surface area contributed by atoms with Crippen LogP contribution in [-0.4, -0.2) is 0 Å². The molecule has 0 spiro atoms. The van der Waals surface area contributed by atoms with Crippen LogP contribution >= 0.6 is 0 Å². The van der Waals surface area contributed by atoms with Crippen LogP contribution in [0, 0.1) is 13.8 Å². The Morgan fingerprint density at radius 2 is 0.747 bits per heavy atom. The molecule has 2 heterocycles. The Kier molecular flexibility index (Phi) is 11.0. The summed E-state index contributed by atoms with van der Waals surface area (Å²) in [5.41, 5.74) is 20.8. The van der Waals surface area contributed by atoms with Gasteiger partial charge in [0.15, 0.2) is 11.2 Å². The van der Waals surface area contributed by atoms with Crippen molar-refractivity contribution in [3.05, 3.63) is 275 Å². The van der Waals surface area contributed by atoms with Gasteiger partial charge in [-0.1, -0.05) is 230 Å². The van der Waals surface area contributed by atoms with Crippen molar-refractivity contribution in [2.45, 2.75) is 71.6 Å². The number of rotatable bonds is 8. The van der Waals surface area contributed by atoms with Crippen molar-refractivity contribution in [3.8, 4) is 11.1 Å². The molecule has 2 aromatic heterocycles. The molecule has 384 valence electrons. The monoisotopic (exact) mass is 1020 g/mol. The lowest BCUT2D eigenvalue weighted by atomic mass is 9.67. The average molecular weight is 1020 g/mol. The molecular formula is C75H62N2O2. The summed E-state index contributed by atoms with van der Waals surface area (Å²) >= 11 is 0. The predicted molar refractivity (Wildman–Crippen MR) is 332 cm³/mol. The summed E-state index contributed by atoms with van der Waals surface area (Å²) in [4.78, 5) is 4.91. The third-order valence-corrected chi connectivity index (χ3v) is 16.8. The van der Waals surface area contributed by atoms with E-state index >= 15 is 0 Å². The minimum absolute atomic E-state index is 0.117. The SMILES string of the molecule is Cc1ccccc1N(c1ccc2c(c1)C(c1ccccc1)(c1ccccc1)c1cc(N(c3ccccc3C)c3cccc4c3oc3c(C(C)(C)C)cccc34)c3ccccc3c1-2)c1cccc2c1oc1c(C(C)(C)C)cccc12. The number of furan rings is 2. The van der Waals surface area contributed by atoms with Gasteiger partial charge >= 0.3 is 0 Å². The maximum absolute atomic E-state index is 7.27. The third-order valence-electron chi connectivity index (χ3n) is 16.8. The molecule has 0 atom stereocenters. The van der Waals surface area contributed by atoms with Crippen molar-refractivity contribution in [3.63, 3.8) is 0 Å². The molecular weight excluding hydrogens is 961 g/mol. The van der Waals surface area contributed by atoms with E-state index in [9.17, 15) is 0 Å². The molecule has 4 nitrogen and oxygen atoms in total. The van der Waals surface area contributed by atoms with E-state index in [1.807, 2.05) is 0 Å². The number of nitrogens with zero attached hydrogens (tertiary/aromatic N) is 2. The highest BCUT2D eigenvalue weighted by molar-refractivity contribution is 6.16. The van der Waals surface area contributed by atoms with Crippen LogP contribution in [0.2, 0.25) is 0 Å². The van der Waals surface area contributed by atoms with Gasteiger partial charge in [-0.25, -0.2) is 0 Å². The lowest BCUT2D eigenvalue weighted by Gasteiger charge is -2.36. The van der Waals surface area contributed by atoms with Crippen molar-refractivity contribution in [1.29, 1.82) is 0 Å². The molecule has 1 aliphatic carbocycles. The topological polar surface area (TPSA) is 32.8 Å². The summed E-state index contributed by atoms with van der Waals surface area (Å²) in [5.74, 6) is 0. The van der Waals surface area contributed by atoms with Crippen molar-refractivity contribution in [1.82, 2.24) is 0 Å². The van der Waals surface area contributed by atoms with Gasteiger partial charge in [-0.2, -0.15) is 0 Å². The molecule has 0 saturated heterocycles. The zero-order chi connectivity index (χ0) is 54.0. The molecule has 0 saturated carbocycles. The maximum atomic E-state index is 7.27. The lowest BCUT2D eigenvalue weighted by molar-refractivity contribution is 0.572. The Bertz CT molecular complexity index is 4510. The fourth-order valence-corrected chi connectivity index (χ4v) is 13.2. The largest absolute Gasteiger partial charge is 0.454 e. The Morgan fingerprint density at radius 1 is 0.329 bits per heavy atom. The number of para-hydroxylation sites is 6. The van der Waals surface area contributed by atoms with E-state index in [2.05, 4.69) is 296 Å². The molecule has 0 aliphatic heterocycles. The van der Waals surface area contributed by atoms with Crippen LogP contribution in [0.25, 0.3) is 65.8 Å². The van der Waals surface area contributed by atoms with Crippen LogP contribution < -0.4 is 9.80 Å². The molecule has 0 radical (unpaired) electrons. The van der Waals surface area contributed by atoms with E-state index in [-0.39, 0.29) is 10.8 Å². The number of benzene rings is 11. The molecule has 79 heavy (non-hydrogen) atoms. The van der Waals surface area contributed by atoms with E-state index in [4.69, 9.17) is 8.83 Å². The number of hydrogen-bond acceptors (Lipinski definition) is 4. The lowest BCUT2D eigenvalue weighted by Crippen LogP contribution is -2.29. The fraction of sp³-hybridized carbons (Fsp3) is 0.147. The quantitative estimate of drug-likeness (QED) is 0.152. The highest BCUT2D eigenvalue weighted by Gasteiger charge is 2.48. The minimum Gasteiger partial charge on any atom is -0.454 e. The van der Waals surface area contributed by atoms with Crippen molar-refractivity contribution < 1.29 is 8.83 Å². The van der Waals surface area contributed by atoms with Crippen molar-refractivity contribution >= 4 is 88.8 Å². The molecule has 0 unspecified atom stereocenters. The smallest absolute Gasteiger partial charge is 0.159 e. The standard InChI is InChI=1S/C75H62N2O2/c1-47-25-15-19-39-63(47)76(65-41-23-35-56-54-33-21-37-59(73(3,4)5)69(54)78-71(56)65)51-43-44-58-61(45-51)75(49-27-11-9-12-28-49,50-29-13-10-14-30-50)62-46-67(52-31-17-18-32-53(52)68(58)62)77(64-40-20-16-26-48(64)2)66-42-24-36-57-55-34-22-38-60(74(6,7)8)70(55)79-72(57)66/h9-46H,1-8H3. The summed E-state index contributed by atoms with van der Waals surface area (Å²) in [5, 5.41) is 6.76.